The van der Waals surface area contributed by atoms with Crippen LogP contribution in [0.1, 0.15) is 89.0 Å². The van der Waals surface area contributed by atoms with Gasteiger partial charge in [0.05, 0.1) is 17.5 Å². The van der Waals surface area contributed by atoms with Gasteiger partial charge in [0.15, 0.2) is 11.3 Å². The van der Waals surface area contributed by atoms with Crippen molar-refractivity contribution >= 4 is 55.9 Å². The van der Waals surface area contributed by atoms with Crippen molar-refractivity contribution < 1.29 is 41.5 Å². The number of amides is 4. The van der Waals surface area contributed by atoms with Crippen LogP contribution in [0, 0.1) is 12.8 Å². The van der Waals surface area contributed by atoms with E-state index < -0.39 is 68.7 Å². The number of fused-ring (bicyclic) bond motifs is 5. The first kappa shape index (κ1) is 40.0. The zero-order valence-electron chi connectivity index (χ0n) is 33.7. The predicted molar refractivity (Wildman–Crippen MR) is 223 cm³/mol. The van der Waals surface area contributed by atoms with Crippen LogP contribution >= 0.6 is 0 Å². The molecule has 3 N–H and O–H groups in total. The van der Waals surface area contributed by atoms with Gasteiger partial charge in [-0.1, -0.05) is 67.0 Å². The van der Waals surface area contributed by atoms with E-state index in [0.717, 1.165) is 55.0 Å². The van der Waals surface area contributed by atoms with E-state index in [0.29, 0.717) is 60.2 Å². The number of carbonyl (C=O) groups is 4. The Morgan fingerprint density at radius 2 is 1.72 bits per heavy atom. The smallest absolute Gasteiger partial charge is 0.408 e. The minimum absolute atomic E-state index is 0.0186. The molecule has 3 aliphatic carbocycles. The van der Waals surface area contributed by atoms with Gasteiger partial charge in [-0.25, -0.2) is 18.2 Å². The number of furan rings is 1. The van der Waals surface area contributed by atoms with Crippen molar-refractivity contribution in [3.8, 4) is 17.0 Å². The monoisotopic (exact) mass is 837 g/mol. The number of hydrogen-bond acceptors (Lipinski definition) is 10. The number of sulfonamides is 1. The fourth-order valence-electron chi connectivity index (χ4n) is 8.97. The first-order chi connectivity index (χ1) is 29.0. The van der Waals surface area contributed by atoms with E-state index >= 15 is 0 Å². The van der Waals surface area contributed by atoms with Crippen molar-refractivity contribution in [2.24, 2.45) is 5.92 Å². The first-order valence-electron chi connectivity index (χ1n) is 21.4. The fraction of sp³-hybridized carbons (Fsp3) is 0.489. The van der Waals surface area contributed by atoms with Gasteiger partial charge in [-0.15, -0.1) is 0 Å². The third-order valence-corrected chi connectivity index (χ3v) is 14.5. The number of benzene rings is 2. The number of nitrogens with zero attached hydrogens (tertiary/aromatic N) is 2. The Balaban J connectivity index is 1.05. The molecule has 4 heterocycles. The van der Waals surface area contributed by atoms with Gasteiger partial charge in [-0.2, -0.15) is 0 Å². The van der Waals surface area contributed by atoms with Gasteiger partial charge in [0, 0.05) is 29.4 Å². The van der Waals surface area contributed by atoms with Gasteiger partial charge in [-0.05, 0) is 83.3 Å². The molecule has 0 spiro atoms. The maximum atomic E-state index is 14.8. The van der Waals surface area contributed by atoms with E-state index in [1.165, 1.54) is 4.90 Å². The summed E-state index contributed by atoms with van der Waals surface area (Å²) in [5.74, 6) is -1.92. The van der Waals surface area contributed by atoms with Crippen molar-refractivity contribution in [3.63, 3.8) is 0 Å². The summed E-state index contributed by atoms with van der Waals surface area (Å²) in [6.07, 6.45) is 10.1. The molecule has 0 unspecified atom stereocenters. The van der Waals surface area contributed by atoms with Crippen LogP contribution in [0.4, 0.5) is 4.79 Å². The van der Waals surface area contributed by atoms with Gasteiger partial charge in [0.2, 0.25) is 21.8 Å². The standard InChI is InChI=1S/C45H51N5O9S/c1-27-17-19-28(20-18-27)35-24-38(40-39(46-35)33-14-9-10-16-37(33)59-40)57-31-23-36-41(51)48-45(43(53)49-60(55,56)32-21-22-32)25-29(45)11-5-3-2-4-6-15-34(42(52)50(36)26-31)47-44(54)58-30-12-7-8-13-30/h5,9-11,14,16-20,24,29-32,34,36H,2-4,6-8,12-13,15,21-23,25-26H2,1H3,(H,47,54)(H,48,51)(H,49,53)/t29-,31-,34+,36+,45-/m1/s1. The molecule has 4 fully saturated rings. The van der Waals surface area contributed by atoms with Crippen LogP contribution in [0.3, 0.4) is 0 Å². The molecule has 3 saturated carbocycles. The van der Waals surface area contributed by atoms with Crippen LogP contribution in [0.15, 0.2) is 71.2 Å². The number of carbonyl (C=O) groups excluding carboxylic acids is 4. The van der Waals surface area contributed by atoms with Crippen molar-refractivity contribution in [3.05, 3.63) is 72.3 Å². The predicted octanol–water partition coefficient (Wildman–Crippen LogP) is 6.35. The van der Waals surface area contributed by atoms with Crippen LogP contribution < -0.4 is 20.1 Å². The molecule has 2 aromatic carbocycles. The van der Waals surface area contributed by atoms with Crippen LogP contribution in [0.5, 0.6) is 5.75 Å². The summed E-state index contributed by atoms with van der Waals surface area (Å²) in [5, 5.41) is 5.94. The number of nitrogens with one attached hydrogen (secondary N) is 3. The minimum atomic E-state index is -3.91. The molecule has 5 atom stereocenters. The van der Waals surface area contributed by atoms with E-state index in [-0.39, 0.29) is 25.5 Å². The molecule has 4 aromatic rings. The highest BCUT2D eigenvalue weighted by molar-refractivity contribution is 7.91. The van der Waals surface area contributed by atoms with Crippen LogP contribution in [-0.4, -0.2) is 83.7 Å². The van der Waals surface area contributed by atoms with Crippen molar-refractivity contribution in [2.75, 3.05) is 6.54 Å². The van der Waals surface area contributed by atoms with Crippen LogP contribution in [-0.2, 0) is 29.1 Å². The third kappa shape index (κ3) is 8.20. The maximum absolute atomic E-state index is 14.8. The Kier molecular flexibility index (Phi) is 10.8. The second-order valence-corrected chi connectivity index (χ2v) is 19.1. The molecule has 15 heteroatoms. The molecule has 316 valence electrons. The molecule has 60 heavy (non-hydrogen) atoms. The number of hydrogen-bond donors (Lipinski definition) is 3. The summed E-state index contributed by atoms with van der Waals surface area (Å²) in [4.78, 5) is 63.0. The van der Waals surface area contributed by atoms with E-state index in [2.05, 4.69) is 15.4 Å². The summed E-state index contributed by atoms with van der Waals surface area (Å²) >= 11 is 0. The van der Waals surface area contributed by atoms with Gasteiger partial charge in [0.1, 0.15) is 40.9 Å². The Morgan fingerprint density at radius 1 is 0.950 bits per heavy atom. The van der Waals surface area contributed by atoms with E-state index in [1.54, 1.807) is 6.07 Å². The van der Waals surface area contributed by atoms with E-state index in [4.69, 9.17) is 18.9 Å². The number of aryl methyl sites for hydroxylation is 1. The molecule has 2 aliphatic heterocycles. The summed E-state index contributed by atoms with van der Waals surface area (Å²) in [5.41, 5.74) is 2.75. The van der Waals surface area contributed by atoms with Crippen molar-refractivity contribution in [2.45, 2.75) is 125 Å². The minimum Gasteiger partial charge on any atom is -0.484 e. The lowest BCUT2D eigenvalue weighted by Gasteiger charge is -2.30. The van der Waals surface area contributed by atoms with Crippen LogP contribution in [0.2, 0.25) is 0 Å². The second-order valence-electron chi connectivity index (χ2n) is 17.2. The lowest BCUT2D eigenvalue weighted by atomic mass is 10.0. The molecule has 1 saturated heterocycles. The molecule has 4 amide bonds. The van der Waals surface area contributed by atoms with Gasteiger partial charge >= 0.3 is 6.09 Å². The summed E-state index contributed by atoms with van der Waals surface area (Å²) in [7, 11) is -3.91. The normalized spacial score (nSPS) is 26.4. The SMILES string of the molecule is Cc1ccc(-c2cc(O[C@@H]3C[C@H]4C(=O)N[C@]5(C(=O)NS(=O)(=O)C6CC6)C[C@H]5C=CCCCCC[C@H](NC(=O)OC5CCCC5)C(=O)N4C3)c3oc4ccccc4c3n2)cc1. The highest BCUT2D eigenvalue weighted by atomic mass is 32.2. The average molecular weight is 838 g/mol. The lowest BCUT2D eigenvalue weighted by molar-refractivity contribution is -0.141. The topological polar surface area (TPSA) is 186 Å². The Hall–Kier alpha value is -5.44. The molecule has 0 bridgehead atoms. The van der Waals surface area contributed by atoms with E-state index in [1.807, 2.05) is 67.6 Å². The van der Waals surface area contributed by atoms with Gasteiger partial charge < -0.3 is 29.4 Å². The molecule has 9 rings (SSSR count). The lowest BCUT2D eigenvalue weighted by Crippen LogP contribution is -2.58. The van der Waals surface area contributed by atoms with Gasteiger partial charge in [-0.3, -0.25) is 19.1 Å². The molecular weight excluding hydrogens is 787 g/mol. The fourth-order valence-corrected chi connectivity index (χ4v) is 10.3. The quantitative estimate of drug-likeness (QED) is 0.169. The molecule has 0 radical (unpaired) electrons. The Bertz CT molecular complexity index is 2460. The first-order valence-corrected chi connectivity index (χ1v) is 22.9. The number of allylic oxidation sites excluding steroid dienone is 1. The summed E-state index contributed by atoms with van der Waals surface area (Å²) < 4.78 is 47.0. The van der Waals surface area contributed by atoms with E-state index in [9.17, 15) is 27.6 Å². The summed E-state index contributed by atoms with van der Waals surface area (Å²) in [6, 6.07) is 15.2. The zero-order valence-corrected chi connectivity index (χ0v) is 34.5. The average Bonchev–Trinajstić information content (AvgIpc) is 4.04. The maximum Gasteiger partial charge on any atom is 0.408 e. The number of para-hydroxylation sites is 1. The molecular formula is C45H51N5O9S. The summed E-state index contributed by atoms with van der Waals surface area (Å²) in [6.45, 7) is 1.99. The Labute approximate surface area is 348 Å². The highest BCUT2D eigenvalue weighted by Crippen LogP contribution is 2.46. The van der Waals surface area contributed by atoms with Gasteiger partial charge in [0.25, 0.3) is 5.91 Å². The van der Waals surface area contributed by atoms with Crippen molar-refractivity contribution in [1.29, 1.82) is 0 Å². The third-order valence-electron chi connectivity index (χ3n) is 12.6. The molecule has 14 nitrogen and oxygen atoms in total. The van der Waals surface area contributed by atoms with Crippen molar-refractivity contribution in [1.82, 2.24) is 25.2 Å². The number of aromatic nitrogens is 1. The second kappa shape index (κ2) is 16.2. The van der Waals surface area contributed by atoms with Crippen LogP contribution in [0.25, 0.3) is 33.3 Å². The number of pyridine rings is 1. The highest BCUT2D eigenvalue weighted by Gasteiger charge is 2.62. The number of rotatable bonds is 8. The zero-order chi connectivity index (χ0) is 41.6. The number of alkyl carbamates (subject to hydrolysis) is 1. The molecule has 5 aliphatic rings. The Morgan fingerprint density at radius 3 is 2.50 bits per heavy atom. The largest absolute Gasteiger partial charge is 0.484 e. The number of ether oxygens (including phenoxy) is 2. The molecule has 2 aromatic heterocycles.